The first-order valence-electron chi connectivity index (χ1n) is 5.48. The van der Waals surface area contributed by atoms with E-state index >= 15 is 0 Å². The summed E-state index contributed by atoms with van der Waals surface area (Å²) >= 11 is 27.7. The second-order valence-corrected chi connectivity index (χ2v) is 5.94. The van der Waals surface area contributed by atoms with Crippen LogP contribution in [0.1, 0.15) is 6.92 Å². The highest BCUT2D eigenvalue weighted by molar-refractivity contribution is 6.59. The molecule has 0 amide bonds. The van der Waals surface area contributed by atoms with E-state index in [9.17, 15) is 9.18 Å². The van der Waals surface area contributed by atoms with Crippen molar-refractivity contribution in [2.45, 2.75) is 13.0 Å². The molecule has 22 heavy (non-hydrogen) atoms. The van der Waals surface area contributed by atoms with Gasteiger partial charge in [-0.2, -0.15) is 9.37 Å². The van der Waals surface area contributed by atoms with Crippen molar-refractivity contribution in [1.82, 2.24) is 4.98 Å². The van der Waals surface area contributed by atoms with Crippen molar-refractivity contribution in [3.8, 4) is 5.88 Å². The quantitative estimate of drug-likeness (QED) is 0.576. The number of anilines is 1. The average molecular weight is 412 g/mol. The first-order valence-corrected chi connectivity index (χ1v) is 7.37. The highest BCUT2D eigenvalue weighted by Crippen LogP contribution is 2.35. The molecule has 0 spiro atoms. The Balaban J connectivity index is 2.79. The van der Waals surface area contributed by atoms with Crippen LogP contribution in [0.25, 0.3) is 0 Å². The van der Waals surface area contributed by atoms with E-state index in [-0.39, 0.29) is 26.8 Å². The van der Waals surface area contributed by atoms with Gasteiger partial charge >= 0.3 is 5.97 Å². The van der Waals surface area contributed by atoms with Crippen LogP contribution in [0.4, 0.5) is 10.1 Å². The fourth-order valence-corrected chi connectivity index (χ4v) is 1.64. The van der Waals surface area contributed by atoms with E-state index in [1.807, 2.05) is 0 Å². The van der Waals surface area contributed by atoms with Crippen LogP contribution in [0.5, 0.6) is 5.88 Å². The lowest BCUT2D eigenvalue weighted by atomic mass is 10.4. The molecule has 1 heterocycles. The summed E-state index contributed by atoms with van der Waals surface area (Å²) in [5, 5.41) is -0.740. The van der Waals surface area contributed by atoms with Gasteiger partial charge in [0.1, 0.15) is 21.1 Å². The summed E-state index contributed by atoms with van der Waals surface area (Å²) in [5.74, 6) is -2.32. The number of halogens is 6. The Hall–Kier alpha value is -0.660. The van der Waals surface area contributed by atoms with Crippen LogP contribution in [-0.2, 0) is 9.53 Å². The van der Waals surface area contributed by atoms with Crippen molar-refractivity contribution in [2.24, 2.45) is 0 Å². The maximum absolute atomic E-state index is 13.4. The van der Waals surface area contributed by atoms with Crippen LogP contribution >= 0.6 is 58.0 Å². The van der Waals surface area contributed by atoms with E-state index in [0.29, 0.717) is 0 Å². The lowest BCUT2D eigenvalue weighted by Gasteiger charge is -2.15. The topological polar surface area (TPSA) is 74.4 Å². The lowest BCUT2D eigenvalue weighted by Crippen LogP contribution is -2.27. The molecule has 122 valence electrons. The first-order chi connectivity index (χ1) is 10.1. The Morgan fingerprint density at radius 3 is 2.45 bits per heavy atom. The molecule has 0 aliphatic rings. The van der Waals surface area contributed by atoms with Crippen LogP contribution in [-0.4, -0.2) is 23.7 Å². The number of esters is 1. The van der Waals surface area contributed by atoms with Gasteiger partial charge < -0.3 is 15.2 Å². The molecular weight excluding hydrogens is 404 g/mol. The third-order valence-corrected chi connectivity index (χ3v) is 3.88. The molecule has 0 unspecified atom stereocenters. The summed E-state index contributed by atoms with van der Waals surface area (Å²) in [5.41, 5.74) is 5.22. The number of carbonyl (C=O) groups excluding carboxylic acids is 1. The summed E-state index contributed by atoms with van der Waals surface area (Å²) in [6, 6.07) is 0. The van der Waals surface area contributed by atoms with Gasteiger partial charge in [0.25, 0.3) is 0 Å². The highest BCUT2D eigenvalue weighted by atomic mass is 35.5. The molecule has 1 aromatic rings. The number of carbonyl (C=O) groups is 1. The summed E-state index contributed by atoms with van der Waals surface area (Å²) in [6.45, 7) is 0.970. The molecule has 1 aromatic heterocycles. The molecule has 0 radical (unpaired) electrons. The minimum absolute atomic E-state index is 0.0678. The van der Waals surface area contributed by atoms with Crippen LogP contribution in [0.3, 0.4) is 0 Å². The highest BCUT2D eigenvalue weighted by Gasteiger charge is 2.22. The monoisotopic (exact) mass is 410 g/mol. The molecule has 1 atom stereocenters. The molecule has 0 saturated carbocycles. The normalized spacial score (nSPS) is 11.8. The largest absolute Gasteiger partial charge is 0.461 e. The van der Waals surface area contributed by atoms with Crippen LogP contribution in [0.15, 0.2) is 9.52 Å². The van der Waals surface area contributed by atoms with Gasteiger partial charge in [0.15, 0.2) is 6.10 Å². The zero-order valence-electron chi connectivity index (χ0n) is 10.8. The van der Waals surface area contributed by atoms with E-state index in [1.54, 1.807) is 0 Å². The number of rotatable bonds is 5. The Kier molecular flexibility index (Phi) is 7.28. The molecule has 0 fully saturated rings. The standard InChI is InChI=1S/C11H8Cl5FN2O3/c1-3(11(20)21-2-4(12)8(15)16)22-10-6(14)7(18)5(13)9(17)19-10/h3H,2H2,1H3,(H2,18,19)/t3-/m1/s1. The van der Waals surface area contributed by atoms with Crippen LogP contribution in [0.2, 0.25) is 10.0 Å². The van der Waals surface area contributed by atoms with Crippen LogP contribution < -0.4 is 10.5 Å². The van der Waals surface area contributed by atoms with Gasteiger partial charge in [-0.25, -0.2) is 4.79 Å². The number of ether oxygens (including phenoxy) is 2. The van der Waals surface area contributed by atoms with Gasteiger partial charge in [0.2, 0.25) is 11.8 Å². The Labute approximate surface area is 150 Å². The predicted molar refractivity (Wildman–Crippen MR) is 84.3 cm³/mol. The summed E-state index contributed by atoms with van der Waals surface area (Å²) < 4.78 is 23.0. The second-order valence-electron chi connectivity index (χ2n) is 3.78. The number of hydrogen-bond donors (Lipinski definition) is 1. The van der Waals surface area contributed by atoms with Gasteiger partial charge in [0, 0.05) is 0 Å². The maximum Gasteiger partial charge on any atom is 0.347 e. The fourth-order valence-electron chi connectivity index (χ4n) is 1.11. The van der Waals surface area contributed by atoms with Crippen molar-refractivity contribution >= 4 is 69.7 Å². The van der Waals surface area contributed by atoms with E-state index < -0.39 is 28.9 Å². The molecule has 0 aliphatic heterocycles. The third-order valence-electron chi connectivity index (χ3n) is 2.21. The Morgan fingerprint density at radius 2 is 1.91 bits per heavy atom. The molecule has 0 aromatic carbocycles. The minimum Gasteiger partial charge on any atom is -0.461 e. The summed E-state index contributed by atoms with van der Waals surface area (Å²) in [4.78, 5) is 15.0. The van der Waals surface area contributed by atoms with Gasteiger partial charge in [-0.3, -0.25) is 0 Å². The smallest absolute Gasteiger partial charge is 0.347 e. The van der Waals surface area contributed by atoms with Gasteiger partial charge in [-0.1, -0.05) is 58.0 Å². The minimum atomic E-state index is -1.18. The molecule has 5 nitrogen and oxygen atoms in total. The predicted octanol–water partition coefficient (Wildman–Crippen LogP) is 4.31. The van der Waals surface area contributed by atoms with Gasteiger partial charge in [-0.05, 0) is 6.92 Å². The number of pyridine rings is 1. The number of aromatic nitrogens is 1. The number of nitrogen functional groups attached to an aromatic ring is 1. The molecule has 0 aliphatic carbocycles. The van der Waals surface area contributed by atoms with Gasteiger partial charge in [0.05, 0.1) is 10.7 Å². The molecular formula is C11H8Cl5FN2O3. The molecule has 0 saturated heterocycles. The third kappa shape index (κ3) is 4.93. The van der Waals surface area contributed by atoms with E-state index in [2.05, 4.69) is 4.98 Å². The molecule has 11 heteroatoms. The molecule has 1 rings (SSSR count). The van der Waals surface area contributed by atoms with E-state index in [4.69, 9.17) is 73.2 Å². The Morgan fingerprint density at radius 1 is 1.32 bits per heavy atom. The Bertz CT molecular complexity index is 622. The van der Waals surface area contributed by atoms with Crippen molar-refractivity contribution in [2.75, 3.05) is 12.3 Å². The van der Waals surface area contributed by atoms with Gasteiger partial charge in [-0.15, -0.1) is 0 Å². The van der Waals surface area contributed by atoms with E-state index in [1.165, 1.54) is 6.92 Å². The van der Waals surface area contributed by atoms with Crippen molar-refractivity contribution < 1.29 is 18.7 Å². The number of nitrogens with zero attached hydrogens (tertiary/aromatic N) is 1. The average Bonchev–Trinajstić information content (AvgIpc) is 2.47. The maximum atomic E-state index is 13.4. The zero-order chi connectivity index (χ0) is 17.0. The first kappa shape index (κ1) is 19.4. The van der Waals surface area contributed by atoms with Crippen LogP contribution in [0, 0.1) is 5.95 Å². The zero-order valence-corrected chi connectivity index (χ0v) is 14.6. The van der Waals surface area contributed by atoms with Crippen molar-refractivity contribution in [1.29, 1.82) is 0 Å². The second kappa shape index (κ2) is 8.26. The fraction of sp³-hybridized carbons (Fsp3) is 0.273. The molecule has 2 N–H and O–H groups in total. The summed E-state index contributed by atoms with van der Waals surface area (Å²) in [6.07, 6.45) is -1.18. The number of hydrogen-bond acceptors (Lipinski definition) is 5. The lowest BCUT2D eigenvalue weighted by molar-refractivity contribution is -0.150. The van der Waals surface area contributed by atoms with Crippen molar-refractivity contribution in [3.05, 3.63) is 25.5 Å². The summed E-state index contributed by atoms with van der Waals surface area (Å²) in [7, 11) is 0. The molecule has 0 bridgehead atoms. The van der Waals surface area contributed by atoms with E-state index in [0.717, 1.165) is 0 Å². The SMILES string of the molecule is C[C@@H](Oc1nc(F)c(Cl)c(N)c1Cl)C(=O)OCC(Cl)=C(Cl)Cl. The number of nitrogens with two attached hydrogens (primary N) is 1. The van der Waals surface area contributed by atoms with Crippen molar-refractivity contribution in [3.63, 3.8) is 0 Å².